The van der Waals surface area contributed by atoms with Gasteiger partial charge in [-0.2, -0.15) is 10.5 Å². The summed E-state index contributed by atoms with van der Waals surface area (Å²) in [5, 5.41) is 18.0. The Kier molecular flexibility index (Phi) is 8.04. The van der Waals surface area contributed by atoms with Crippen LogP contribution in [-0.2, 0) is 4.79 Å². The second kappa shape index (κ2) is 11.0. The molecule has 2 aromatic carbocycles. The van der Waals surface area contributed by atoms with Gasteiger partial charge in [0.15, 0.2) is 11.5 Å². The number of rotatable bonds is 8. The number of carbonyl (C=O) groups is 1. The van der Waals surface area contributed by atoms with Crippen molar-refractivity contribution in [2.75, 3.05) is 13.7 Å². The number of nitrogens with zero attached hydrogens (tertiary/aromatic N) is 2. The molecule has 0 aliphatic heterocycles. The molecule has 2 aromatic rings. The van der Waals surface area contributed by atoms with Gasteiger partial charge < -0.3 is 14.2 Å². The first kappa shape index (κ1) is 21.3. The van der Waals surface area contributed by atoms with E-state index in [-0.39, 0.29) is 11.3 Å². The first-order valence-electron chi connectivity index (χ1n) is 8.92. The lowest BCUT2D eigenvalue weighted by molar-refractivity contribution is -0.129. The molecule has 0 amide bonds. The first-order valence-corrected chi connectivity index (χ1v) is 8.92. The maximum absolute atomic E-state index is 12.4. The van der Waals surface area contributed by atoms with E-state index in [4.69, 9.17) is 19.5 Å². The number of nitriles is 2. The number of hydrogen-bond acceptors (Lipinski definition) is 6. The van der Waals surface area contributed by atoms with Crippen LogP contribution in [0.3, 0.4) is 0 Å². The third-order valence-corrected chi connectivity index (χ3v) is 3.74. The zero-order valence-electron chi connectivity index (χ0n) is 16.2. The lowest BCUT2D eigenvalue weighted by Crippen LogP contribution is -2.11. The molecule has 0 atom stereocenters. The van der Waals surface area contributed by atoms with Gasteiger partial charge in [-0.1, -0.05) is 25.1 Å². The highest BCUT2D eigenvalue weighted by Crippen LogP contribution is 2.29. The summed E-state index contributed by atoms with van der Waals surface area (Å²) >= 11 is 0. The zero-order chi connectivity index (χ0) is 21.1. The number of benzene rings is 2. The molecular formula is C23H20N2O4. The van der Waals surface area contributed by atoms with Gasteiger partial charge in [0.1, 0.15) is 17.4 Å². The van der Waals surface area contributed by atoms with Gasteiger partial charge in [0.25, 0.3) is 0 Å². The Morgan fingerprint density at radius 2 is 1.79 bits per heavy atom. The fourth-order valence-electron chi connectivity index (χ4n) is 2.34. The van der Waals surface area contributed by atoms with Crippen molar-refractivity contribution in [3.05, 3.63) is 65.2 Å². The third kappa shape index (κ3) is 6.27. The Morgan fingerprint density at radius 1 is 1.07 bits per heavy atom. The molecule has 0 heterocycles. The predicted molar refractivity (Wildman–Crippen MR) is 109 cm³/mol. The van der Waals surface area contributed by atoms with Gasteiger partial charge >= 0.3 is 5.97 Å². The van der Waals surface area contributed by atoms with Crippen LogP contribution in [0, 0.1) is 22.7 Å². The van der Waals surface area contributed by atoms with E-state index in [0.717, 1.165) is 12.2 Å². The normalized spacial score (nSPS) is 10.8. The molecule has 6 nitrogen and oxygen atoms in total. The Hall–Kier alpha value is -4.03. The summed E-state index contributed by atoms with van der Waals surface area (Å²) in [4.78, 5) is 12.4. The number of carbonyl (C=O) groups excluding carboxylic acids is 1. The van der Waals surface area contributed by atoms with Gasteiger partial charge in [-0.25, -0.2) is 4.79 Å². The molecule has 0 N–H and O–H groups in total. The van der Waals surface area contributed by atoms with E-state index < -0.39 is 5.97 Å². The predicted octanol–water partition coefficient (Wildman–Crippen LogP) is 4.53. The molecular weight excluding hydrogens is 368 g/mol. The van der Waals surface area contributed by atoms with E-state index in [1.165, 1.54) is 19.3 Å². The fourth-order valence-corrected chi connectivity index (χ4v) is 2.34. The average Bonchev–Trinajstić information content (AvgIpc) is 2.75. The highest BCUT2D eigenvalue weighted by molar-refractivity contribution is 5.99. The van der Waals surface area contributed by atoms with Crippen molar-refractivity contribution in [1.82, 2.24) is 0 Å². The summed E-state index contributed by atoms with van der Waals surface area (Å²) in [5.74, 6) is 0.419. The van der Waals surface area contributed by atoms with Crippen LogP contribution in [0.2, 0.25) is 0 Å². The summed E-state index contributed by atoms with van der Waals surface area (Å²) in [6.07, 6.45) is 5.28. The van der Waals surface area contributed by atoms with Gasteiger partial charge in [-0.15, -0.1) is 0 Å². The summed E-state index contributed by atoms with van der Waals surface area (Å²) < 4.78 is 16.1. The van der Waals surface area contributed by atoms with Crippen molar-refractivity contribution in [1.29, 1.82) is 10.5 Å². The van der Waals surface area contributed by atoms with E-state index in [9.17, 15) is 10.1 Å². The largest absolute Gasteiger partial charge is 0.494 e. The maximum atomic E-state index is 12.4. The molecule has 0 unspecified atom stereocenters. The van der Waals surface area contributed by atoms with Crippen molar-refractivity contribution in [3.8, 4) is 29.4 Å². The van der Waals surface area contributed by atoms with Crippen molar-refractivity contribution < 1.29 is 19.0 Å². The lowest BCUT2D eigenvalue weighted by atomic mass is 10.1. The van der Waals surface area contributed by atoms with Crippen molar-refractivity contribution in [3.63, 3.8) is 0 Å². The molecule has 0 spiro atoms. The molecule has 0 aliphatic rings. The number of ether oxygens (including phenoxy) is 3. The molecule has 0 aromatic heterocycles. The van der Waals surface area contributed by atoms with E-state index in [1.807, 2.05) is 19.1 Å². The highest BCUT2D eigenvalue weighted by Gasteiger charge is 2.15. The van der Waals surface area contributed by atoms with Crippen LogP contribution in [-0.4, -0.2) is 19.7 Å². The molecule has 2 rings (SSSR count). The number of methoxy groups -OCH3 is 1. The second-order valence-electron chi connectivity index (χ2n) is 5.85. The second-order valence-corrected chi connectivity index (χ2v) is 5.85. The van der Waals surface area contributed by atoms with Crippen LogP contribution >= 0.6 is 0 Å². The van der Waals surface area contributed by atoms with E-state index in [0.29, 0.717) is 23.5 Å². The van der Waals surface area contributed by atoms with Crippen LogP contribution in [0.15, 0.2) is 54.1 Å². The molecule has 29 heavy (non-hydrogen) atoms. The maximum Gasteiger partial charge on any atom is 0.354 e. The smallest absolute Gasteiger partial charge is 0.354 e. The minimum atomic E-state index is -0.794. The SMILES string of the molecule is CCCOc1ccc(/C=C(\C#N)C(=O)Oc2ccc(/C=C\C#N)cc2OC)cc1. The van der Waals surface area contributed by atoms with Crippen LogP contribution in [0.5, 0.6) is 17.2 Å². The summed E-state index contributed by atoms with van der Waals surface area (Å²) in [6, 6.07) is 15.7. The lowest BCUT2D eigenvalue weighted by Gasteiger charge is -2.09. The monoisotopic (exact) mass is 388 g/mol. The van der Waals surface area contributed by atoms with Crippen molar-refractivity contribution in [2.45, 2.75) is 13.3 Å². The quantitative estimate of drug-likeness (QED) is 0.285. The molecule has 0 aliphatic carbocycles. The molecule has 0 saturated heterocycles. The molecule has 6 heteroatoms. The Bertz CT molecular complexity index is 993. The van der Waals surface area contributed by atoms with Crippen molar-refractivity contribution >= 4 is 18.1 Å². The van der Waals surface area contributed by atoms with Crippen LogP contribution < -0.4 is 14.2 Å². The van der Waals surface area contributed by atoms with Gasteiger partial charge in [-0.3, -0.25) is 0 Å². The summed E-state index contributed by atoms with van der Waals surface area (Å²) in [7, 11) is 1.44. The molecule has 0 fully saturated rings. The van der Waals surface area contributed by atoms with E-state index in [1.54, 1.807) is 48.5 Å². The van der Waals surface area contributed by atoms with E-state index in [2.05, 4.69) is 0 Å². The minimum absolute atomic E-state index is 0.150. The summed E-state index contributed by atoms with van der Waals surface area (Å²) in [6.45, 7) is 2.64. The zero-order valence-corrected chi connectivity index (χ0v) is 16.2. The van der Waals surface area contributed by atoms with Crippen LogP contribution in [0.1, 0.15) is 24.5 Å². The first-order chi connectivity index (χ1) is 14.1. The topological polar surface area (TPSA) is 92.3 Å². The van der Waals surface area contributed by atoms with Gasteiger partial charge in [0.2, 0.25) is 0 Å². The van der Waals surface area contributed by atoms with Gasteiger partial charge in [-0.05, 0) is 54.0 Å². The molecule has 0 saturated carbocycles. The summed E-state index contributed by atoms with van der Waals surface area (Å²) in [5.41, 5.74) is 1.23. The number of esters is 1. The molecule has 146 valence electrons. The number of allylic oxidation sites excluding steroid dienone is 1. The highest BCUT2D eigenvalue weighted by atomic mass is 16.6. The van der Waals surface area contributed by atoms with Crippen LogP contribution in [0.25, 0.3) is 12.2 Å². The standard InChI is InChI=1S/C23H20N2O4/c1-3-13-28-20-9-6-18(7-10-20)14-19(16-25)23(26)29-21-11-8-17(5-4-12-24)15-22(21)27-2/h4-11,14-15H,3,13H2,1-2H3/b5-4-,19-14+. The van der Waals surface area contributed by atoms with E-state index >= 15 is 0 Å². The molecule has 0 bridgehead atoms. The minimum Gasteiger partial charge on any atom is -0.494 e. The van der Waals surface area contributed by atoms with Crippen LogP contribution in [0.4, 0.5) is 0 Å². The van der Waals surface area contributed by atoms with Crippen molar-refractivity contribution in [2.24, 2.45) is 0 Å². The third-order valence-electron chi connectivity index (χ3n) is 3.74. The fraction of sp³-hybridized carbons (Fsp3) is 0.174. The van der Waals surface area contributed by atoms with Gasteiger partial charge in [0, 0.05) is 6.08 Å². The Balaban J connectivity index is 2.17. The average molecular weight is 388 g/mol. The Labute approximate surface area is 169 Å². The van der Waals surface area contributed by atoms with Gasteiger partial charge in [0.05, 0.1) is 19.8 Å². The Morgan fingerprint density at radius 3 is 2.41 bits per heavy atom. The number of hydrogen-bond donors (Lipinski definition) is 0. The molecule has 0 radical (unpaired) electrons.